The fraction of sp³-hybridized carbons (Fsp3) is 0.167. The summed E-state index contributed by atoms with van der Waals surface area (Å²) in [7, 11) is 1.19. The third-order valence-electron chi connectivity index (χ3n) is 4.18. The van der Waals surface area contributed by atoms with E-state index in [2.05, 4.69) is 36.5 Å². The van der Waals surface area contributed by atoms with E-state index in [1.165, 1.54) is 13.2 Å². The van der Waals surface area contributed by atoms with E-state index in [0.717, 1.165) is 0 Å². The number of amides is 2. The number of hydrogen-bond acceptors (Lipinski definition) is 5. The maximum Gasteiger partial charge on any atom is 0.427 e. The van der Waals surface area contributed by atoms with Gasteiger partial charge in [-0.1, -0.05) is 45.2 Å². The van der Waals surface area contributed by atoms with E-state index in [1.807, 2.05) is 0 Å². The molecular formula is C18H14BrCl2N3O4. The second-order valence-electron chi connectivity index (χ2n) is 5.97. The molecule has 0 fully saturated rings. The van der Waals surface area contributed by atoms with Gasteiger partial charge in [-0.05, 0) is 30.3 Å². The zero-order valence-corrected chi connectivity index (χ0v) is 17.5. The summed E-state index contributed by atoms with van der Waals surface area (Å²) in [6.07, 6.45) is -1.07. The van der Waals surface area contributed by atoms with Gasteiger partial charge in [0.15, 0.2) is 5.60 Å². The lowest BCUT2D eigenvalue weighted by Crippen LogP contribution is -2.37. The van der Waals surface area contributed by atoms with E-state index in [1.54, 1.807) is 30.3 Å². The normalized spacial score (nSPS) is 18.5. The monoisotopic (exact) mass is 485 g/mol. The number of benzene rings is 2. The lowest BCUT2D eigenvalue weighted by atomic mass is 9.87. The SMILES string of the molecule is COC(=O)NN=C(CC1(O)C(=O)Nc2ccc(Br)cc21)c1ccc(Cl)cc1Cl. The summed E-state index contributed by atoms with van der Waals surface area (Å²) in [5.74, 6) is -0.614. The van der Waals surface area contributed by atoms with Crippen LogP contribution in [0.5, 0.6) is 0 Å². The highest BCUT2D eigenvalue weighted by Crippen LogP contribution is 2.41. The Labute approximate surface area is 178 Å². The largest absolute Gasteiger partial charge is 0.452 e. The van der Waals surface area contributed by atoms with Crippen LogP contribution >= 0.6 is 39.1 Å². The van der Waals surface area contributed by atoms with Crippen molar-refractivity contribution in [2.75, 3.05) is 12.4 Å². The van der Waals surface area contributed by atoms with E-state index < -0.39 is 17.6 Å². The predicted octanol–water partition coefficient (Wildman–Crippen LogP) is 4.05. The standard InChI is InChI=1S/C18H14BrCl2N3O4/c1-28-17(26)24-23-15(11-4-3-10(20)7-13(11)21)8-18(27)12-6-9(19)2-5-14(12)22-16(18)25/h2-7,27H,8H2,1H3,(H,22,25)(H,24,26). The highest BCUT2D eigenvalue weighted by Gasteiger charge is 2.46. The van der Waals surface area contributed by atoms with Crippen LogP contribution < -0.4 is 10.7 Å². The first-order valence-corrected chi connectivity index (χ1v) is 9.49. The number of nitrogens with zero attached hydrogens (tertiary/aromatic N) is 1. The van der Waals surface area contributed by atoms with Gasteiger partial charge in [0.2, 0.25) is 0 Å². The minimum absolute atomic E-state index is 0.164. The van der Waals surface area contributed by atoms with Crippen LogP contribution in [-0.4, -0.2) is 29.9 Å². The molecule has 1 aliphatic heterocycles. The number of hydrogen-bond donors (Lipinski definition) is 3. The molecule has 0 radical (unpaired) electrons. The third kappa shape index (κ3) is 4.00. The number of carbonyl (C=O) groups is 2. The molecule has 0 spiro atoms. The lowest BCUT2D eigenvalue weighted by Gasteiger charge is -2.22. The first kappa shape index (κ1) is 20.6. The maximum atomic E-state index is 12.6. The first-order chi connectivity index (χ1) is 13.2. The van der Waals surface area contributed by atoms with Crippen LogP contribution in [0.2, 0.25) is 10.0 Å². The van der Waals surface area contributed by atoms with E-state index in [-0.39, 0.29) is 17.2 Å². The van der Waals surface area contributed by atoms with Gasteiger partial charge < -0.3 is 15.2 Å². The molecule has 3 rings (SSSR count). The molecule has 7 nitrogen and oxygen atoms in total. The smallest absolute Gasteiger partial charge is 0.427 e. The maximum absolute atomic E-state index is 12.6. The number of ether oxygens (including phenoxy) is 1. The zero-order valence-electron chi connectivity index (χ0n) is 14.4. The second kappa shape index (κ2) is 8.08. The van der Waals surface area contributed by atoms with Crippen molar-refractivity contribution in [3.8, 4) is 0 Å². The Morgan fingerprint density at radius 3 is 2.75 bits per heavy atom. The Bertz CT molecular complexity index is 999. The average molecular weight is 487 g/mol. The van der Waals surface area contributed by atoms with Crippen LogP contribution in [0.4, 0.5) is 10.5 Å². The molecule has 10 heteroatoms. The molecule has 0 aliphatic carbocycles. The van der Waals surface area contributed by atoms with Crippen molar-refractivity contribution in [3.63, 3.8) is 0 Å². The van der Waals surface area contributed by atoms with E-state index in [9.17, 15) is 14.7 Å². The van der Waals surface area contributed by atoms with Crippen molar-refractivity contribution in [1.29, 1.82) is 0 Å². The molecule has 1 heterocycles. The summed E-state index contributed by atoms with van der Waals surface area (Å²) in [4.78, 5) is 24.0. The minimum atomic E-state index is -1.92. The van der Waals surface area contributed by atoms with Crippen LogP contribution in [0.3, 0.4) is 0 Å². The molecule has 0 bridgehead atoms. The molecule has 1 atom stereocenters. The average Bonchev–Trinajstić information content (AvgIpc) is 2.89. The molecule has 2 amide bonds. The van der Waals surface area contributed by atoms with Crippen LogP contribution in [0.1, 0.15) is 17.5 Å². The van der Waals surface area contributed by atoms with E-state index >= 15 is 0 Å². The first-order valence-electron chi connectivity index (χ1n) is 7.94. The Morgan fingerprint density at radius 2 is 2.07 bits per heavy atom. The number of fused-ring (bicyclic) bond motifs is 1. The van der Waals surface area contributed by atoms with Crippen LogP contribution in [0, 0.1) is 0 Å². The zero-order chi connectivity index (χ0) is 20.5. The number of methoxy groups -OCH3 is 1. The summed E-state index contributed by atoms with van der Waals surface area (Å²) in [5.41, 5.74) is 1.70. The van der Waals surface area contributed by atoms with Gasteiger partial charge in [0.25, 0.3) is 5.91 Å². The third-order valence-corrected chi connectivity index (χ3v) is 5.22. The van der Waals surface area contributed by atoms with Gasteiger partial charge in [0.05, 0.1) is 17.8 Å². The van der Waals surface area contributed by atoms with Crippen molar-refractivity contribution in [3.05, 3.63) is 62.0 Å². The quantitative estimate of drug-likeness (QED) is 0.448. The Hall–Kier alpha value is -2.13. The molecule has 3 N–H and O–H groups in total. The molecular weight excluding hydrogens is 473 g/mol. The van der Waals surface area contributed by atoms with Gasteiger partial charge in [-0.3, -0.25) is 4.79 Å². The van der Waals surface area contributed by atoms with Crippen LogP contribution in [0.25, 0.3) is 0 Å². The number of halogens is 3. The summed E-state index contributed by atoms with van der Waals surface area (Å²) < 4.78 is 5.21. The highest BCUT2D eigenvalue weighted by atomic mass is 79.9. The molecule has 1 unspecified atom stereocenters. The molecule has 0 saturated heterocycles. The van der Waals surface area contributed by atoms with Gasteiger partial charge in [-0.2, -0.15) is 5.10 Å². The van der Waals surface area contributed by atoms with E-state index in [0.29, 0.717) is 26.3 Å². The second-order valence-corrected chi connectivity index (χ2v) is 7.73. The van der Waals surface area contributed by atoms with Crippen molar-refractivity contribution in [2.45, 2.75) is 12.0 Å². The number of nitrogens with one attached hydrogen (secondary N) is 2. The molecule has 1 aliphatic rings. The fourth-order valence-corrected chi connectivity index (χ4v) is 3.69. The Morgan fingerprint density at radius 1 is 1.32 bits per heavy atom. The number of anilines is 1. The van der Waals surface area contributed by atoms with Gasteiger partial charge >= 0.3 is 6.09 Å². The van der Waals surface area contributed by atoms with Crippen LogP contribution in [0.15, 0.2) is 46.0 Å². The topological polar surface area (TPSA) is 100 Å². The molecule has 0 aromatic heterocycles. The predicted molar refractivity (Wildman–Crippen MR) is 110 cm³/mol. The summed E-state index contributed by atoms with van der Waals surface area (Å²) >= 11 is 15.5. The summed E-state index contributed by atoms with van der Waals surface area (Å²) in [6.45, 7) is 0. The van der Waals surface area contributed by atoms with Crippen molar-refractivity contribution in [1.82, 2.24) is 5.43 Å². The van der Waals surface area contributed by atoms with Crippen molar-refractivity contribution >= 4 is 62.5 Å². The summed E-state index contributed by atoms with van der Waals surface area (Å²) in [5, 5.41) is 18.5. The molecule has 28 heavy (non-hydrogen) atoms. The number of hydrazone groups is 1. The molecule has 2 aromatic carbocycles. The van der Waals surface area contributed by atoms with Crippen molar-refractivity contribution in [2.24, 2.45) is 5.10 Å². The highest BCUT2D eigenvalue weighted by molar-refractivity contribution is 9.10. The number of carbonyl (C=O) groups excluding carboxylic acids is 2. The van der Waals surface area contributed by atoms with Gasteiger partial charge in [0.1, 0.15) is 0 Å². The van der Waals surface area contributed by atoms with Crippen LogP contribution in [-0.2, 0) is 15.1 Å². The van der Waals surface area contributed by atoms with Gasteiger partial charge in [-0.25, -0.2) is 10.2 Å². The molecule has 146 valence electrons. The fourth-order valence-electron chi connectivity index (χ4n) is 2.81. The number of aliphatic hydroxyl groups is 1. The molecule has 0 saturated carbocycles. The Balaban J connectivity index is 2.06. The van der Waals surface area contributed by atoms with Gasteiger partial charge in [-0.15, -0.1) is 0 Å². The van der Waals surface area contributed by atoms with E-state index in [4.69, 9.17) is 23.2 Å². The lowest BCUT2D eigenvalue weighted by molar-refractivity contribution is -0.132. The minimum Gasteiger partial charge on any atom is -0.452 e. The molecule has 2 aromatic rings. The van der Waals surface area contributed by atoms with Gasteiger partial charge in [0, 0.05) is 32.7 Å². The van der Waals surface area contributed by atoms with Crippen molar-refractivity contribution < 1.29 is 19.4 Å². The summed E-state index contributed by atoms with van der Waals surface area (Å²) in [6, 6.07) is 9.72. The number of rotatable bonds is 4. The Kier molecular flexibility index (Phi) is 5.95.